The second-order valence-electron chi connectivity index (χ2n) is 7.69. The number of hydrogen-bond donors (Lipinski definition) is 0. The molecule has 0 radical (unpaired) electrons. The summed E-state index contributed by atoms with van der Waals surface area (Å²) in [6.07, 6.45) is 3.24. The fourth-order valence-electron chi connectivity index (χ4n) is 3.96. The summed E-state index contributed by atoms with van der Waals surface area (Å²) in [5.41, 5.74) is 4.25. The minimum absolute atomic E-state index is 0.551. The average molecular weight is 394 g/mol. The van der Waals surface area contributed by atoms with Gasteiger partial charge in [-0.05, 0) is 83.8 Å². The number of fused-ring (bicyclic) bond motifs is 1. The van der Waals surface area contributed by atoms with Crippen LogP contribution in [0, 0.1) is 0 Å². The van der Waals surface area contributed by atoms with Gasteiger partial charge in [-0.25, -0.2) is 0 Å². The summed E-state index contributed by atoms with van der Waals surface area (Å²) in [6, 6.07) is 26.1. The molecule has 1 fully saturated rings. The van der Waals surface area contributed by atoms with Crippen molar-refractivity contribution < 1.29 is 14.3 Å². The lowest BCUT2D eigenvalue weighted by Crippen LogP contribution is -1.96. The van der Waals surface area contributed by atoms with Gasteiger partial charge in [-0.3, -0.25) is 4.79 Å². The number of ether oxygens (including phenoxy) is 2. The van der Waals surface area contributed by atoms with Crippen LogP contribution in [0.3, 0.4) is 0 Å². The summed E-state index contributed by atoms with van der Waals surface area (Å²) in [6.45, 7) is 0. The maximum absolute atomic E-state index is 11.0. The van der Waals surface area contributed by atoms with Crippen molar-refractivity contribution in [1.82, 2.24) is 0 Å². The summed E-state index contributed by atoms with van der Waals surface area (Å²) < 4.78 is 12.0. The molecule has 3 nitrogen and oxygen atoms in total. The topological polar surface area (TPSA) is 35.5 Å². The van der Waals surface area contributed by atoms with Gasteiger partial charge in [0.2, 0.25) is 0 Å². The first-order valence-corrected chi connectivity index (χ1v) is 10.2. The predicted molar refractivity (Wildman–Crippen MR) is 120 cm³/mol. The lowest BCUT2D eigenvalue weighted by molar-refractivity contribution is 0.112. The van der Waals surface area contributed by atoms with E-state index >= 15 is 0 Å². The van der Waals surface area contributed by atoms with Crippen molar-refractivity contribution >= 4 is 17.1 Å². The van der Waals surface area contributed by atoms with Crippen molar-refractivity contribution in [3.8, 4) is 28.4 Å². The number of carbonyl (C=O) groups is 1. The highest BCUT2D eigenvalue weighted by molar-refractivity contribution is 5.98. The van der Waals surface area contributed by atoms with Crippen LogP contribution in [0.5, 0.6) is 17.2 Å². The van der Waals surface area contributed by atoms with Gasteiger partial charge in [-0.2, -0.15) is 0 Å². The van der Waals surface area contributed by atoms with Crippen molar-refractivity contribution in [1.29, 1.82) is 0 Å². The van der Waals surface area contributed by atoms with Gasteiger partial charge in [-0.15, -0.1) is 0 Å². The summed E-state index contributed by atoms with van der Waals surface area (Å²) in [7, 11) is 1.69. The molecule has 0 atom stereocenters. The molecule has 5 rings (SSSR count). The fraction of sp³-hybridized carbons (Fsp3) is 0.148. The molecule has 4 aromatic rings. The molecule has 0 N–H and O–H groups in total. The lowest BCUT2D eigenvalue weighted by atomic mass is 9.91. The number of aldehydes is 1. The Morgan fingerprint density at radius 3 is 2.27 bits per heavy atom. The quantitative estimate of drug-likeness (QED) is 0.330. The van der Waals surface area contributed by atoms with Crippen molar-refractivity contribution in [2.24, 2.45) is 0 Å². The fourth-order valence-corrected chi connectivity index (χ4v) is 3.96. The molecule has 0 unspecified atom stereocenters. The van der Waals surface area contributed by atoms with Crippen LogP contribution in [0.1, 0.15) is 34.7 Å². The molecular formula is C27H22O3. The first-order valence-electron chi connectivity index (χ1n) is 10.2. The number of methoxy groups -OCH3 is 1. The van der Waals surface area contributed by atoms with Crippen LogP contribution in [-0.2, 0) is 0 Å². The SMILES string of the molecule is COc1ccc2c(Oc3ccc(C=O)cc3)c(-c3ccccc3)c(C3CC3)cc2c1. The average Bonchev–Trinajstić information content (AvgIpc) is 3.65. The zero-order valence-corrected chi connectivity index (χ0v) is 16.8. The van der Waals surface area contributed by atoms with E-state index in [4.69, 9.17) is 9.47 Å². The van der Waals surface area contributed by atoms with Gasteiger partial charge in [0.05, 0.1) is 7.11 Å². The maximum atomic E-state index is 11.0. The molecule has 0 aliphatic heterocycles. The van der Waals surface area contributed by atoms with Crippen molar-refractivity contribution in [3.63, 3.8) is 0 Å². The highest BCUT2D eigenvalue weighted by atomic mass is 16.5. The van der Waals surface area contributed by atoms with Crippen LogP contribution in [0.25, 0.3) is 21.9 Å². The van der Waals surface area contributed by atoms with E-state index in [1.165, 1.54) is 18.4 Å². The van der Waals surface area contributed by atoms with E-state index in [0.717, 1.165) is 39.7 Å². The Hall–Kier alpha value is -3.59. The molecule has 148 valence electrons. The molecule has 0 aromatic heterocycles. The molecule has 3 heteroatoms. The summed E-state index contributed by atoms with van der Waals surface area (Å²) in [5, 5.41) is 2.15. The second kappa shape index (κ2) is 7.68. The molecule has 4 aromatic carbocycles. The van der Waals surface area contributed by atoms with Crippen LogP contribution >= 0.6 is 0 Å². The molecule has 0 spiro atoms. The van der Waals surface area contributed by atoms with E-state index in [1.807, 2.05) is 24.3 Å². The highest BCUT2D eigenvalue weighted by Gasteiger charge is 2.29. The van der Waals surface area contributed by atoms with Gasteiger partial charge in [-0.1, -0.05) is 30.3 Å². The first-order chi connectivity index (χ1) is 14.8. The largest absolute Gasteiger partial charge is 0.497 e. The van der Waals surface area contributed by atoms with Gasteiger partial charge >= 0.3 is 0 Å². The Balaban J connectivity index is 1.76. The van der Waals surface area contributed by atoms with E-state index in [-0.39, 0.29) is 0 Å². The summed E-state index contributed by atoms with van der Waals surface area (Å²) >= 11 is 0. The Bertz CT molecular complexity index is 1210. The van der Waals surface area contributed by atoms with Gasteiger partial charge in [0.1, 0.15) is 23.5 Å². The molecule has 0 amide bonds. The van der Waals surface area contributed by atoms with Crippen LogP contribution < -0.4 is 9.47 Å². The highest BCUT2D eigenvalue weighted by Crippen LogP contribution is 2.51. The van der Waals surface area contributed by atoms with Gasteiger partial charge < -0.3 is 9.47 Å². The molecular weight excluding hydrogens is 372 g/mol. The second-order valence-corrected chi connectivity index (χ2v) is 7.69. The first kappa shape index (κ1) is 18.4. The third kappa shape index (κ3) is 3.43. The minimum Gasteiger partial charge on any atom is -0.497 e. The third-order valence-corrected chi connectivity index (χ3v) is 5.65. The zero-order chi connectivity index (χ0) is 20.5. The van der Waals surface area contributed by atoms with Gasteiger partial charge in [0, 0.05) is 16.5 Å². The standard InChI is InChI=1S/C27H22O3/c1-29-23-13-14-24-21(15-23)16-25(19-9-10-19)26(20-5-3-2-4-6-20)27(24)30-22-11-7-18(17-28)8-12-22/h2-8,11-17,19H,9-10H2,1H3. The lowest BCUT2D eigenvalue weighted by Gasteiger charge is -2.19. The molecule has 1 saturated carbocycles. The monoisotopic (exact) mass is 394 g/mol. The van der Waals surface area contributed by atoms with E-state index in [0.29, 0.717) is 17.2 Å². The van der Waals surface area contributed by atoms with Crippen LogP contribution in [0.2, 0.25) is 0 Å². The number of carbonyl (C=O) groups excluding carboxylic acids is 1. The van der Waals surface area contributed by atoms with Gasteiger partial charge in [0.15, 0.2) is 0 Å². The van der Waals surface area contributed by atoms with E-state index < -0.39 is 0 Å². The summed E-state index contributed by atoms with van der Waals surface area (Å²) in [5.74, 6) is 2.94. The summed E-state index contributed by atoms with van der Waals surface area (Å²) in [4.78, 5) is 11.0. The molecule has 0 bridgehead atoms. The number of benzene rings is 4. The Morgan fingerprint density at radius 2 is 1.60 bits per heavy atom. The van der Waals surface area contributed by atoms with Crippen LogP contribution in [0.4, 0.5) is 0 Å². The minimum atomic E-state index is 0.551. The van der Waals surface area contributed by atoms with E-state index in [2.05, 4.69) is 42.5 Å². The molecule has 30 heavy (non-hydrogen) atoms. The predicted octanol–water partition coefficient (Wildman–Crippen LogP) is 7.00. The molecule has 1 aliphatic rings. The molecule has 1 aliphatic carbocycles. The van der Waals surface area contributed by atoms with E-state index in [9.17, 15) is 4.79 Å². The normalized spacial score (nSPS) is 13.2. The third-order valence-electron chi connectivity index (χ3n) is 5.65. The van der Waals surface area contributed by atoms with Crippen LogP contribution in [0.15, 0.2) is 78.9 Å². The van der Waals surface area contributed by atoms with Crippen molar-refractivity contribution in [3.05, 3.63) is 90.0 Å². The van der Waals surface area contributed by atoms with Crippen molar-refractivity contribution in [2.75, 3.05) is 7.11 Å². The van der Waals surface area contributed by atoms with E-state index in [1.54, 1.807) is 19.2 Å². The zero-order valence-electron chi connectivity index (χ0n) is 16.8. The van der Waals surface area contributed by atoms with Crippen LogP contribution in [-0.4, -0.2) is 13.4 Å². The smallest absolute Gasteiger partial charge is 0.150 e. The maximum Gasteiger partial charge on any atom is 0.150 e. The molecule has 0 saturated heterocycles. The Labute approximate surface area is 175 Å². The van der Waals surface area contributed by atoms with Gasteiger partial charge in [0.25, 0.3) is 0 Å². The number of rotatable bonds is 6. The molecule has 0 heterocycles. The Morgan fingerprint density at radius 1 is 0.867 bits per heavy atom. The number of hydrogen-bond acceptors (Lipinski definition) is 3. The van der Waals surface area contributed by atoms with Crippen molar-refractivity contribution in [2.45, 2.75) is 18.8 Å². The Kier molecular flexibility index (Phi) is 4.72.